The quantitative estimate of drug-likeness (QED) is 0.773. The third-order valence-corrected chi connectivity index (χ3v) is 3.86. The highest BCUT2D eigenvalue weighted by molar-refractivity contribution is 6.01. The topological polar surface area (TPSA) is 34.9 Å². The molecule has 2 aromatic rings. The number of hydrogen-bond acceptors (Lipinski definition) is 2. The first-order chi connectivity index (χ1) is 8.68. The standard InChI is InChI=1S/C15H16N2O/c1-10-14(9-16-17(10)2)15(18)13-8-12(13)11-6-4-3-5-7-11/h3-7,9,12-13H,8H2,1-2H3. The number of ketones is 1. The van der Waals surface area contributed by atoms with Gasteiger partial charge in [-0.05, 0) is 24.8 Å². The van der Waals surface area contributed by atoms with Gasteiger partial charge in [-0.15, -0.1) is 0 Å². The molecule has 2 atom stereocenters. The van der Waals surface area contributed by atoms with Crippen molar-refractivity contribution in [3.63, 3.8) is 0 Å². The fraction of sp³-hybridized carbons (Fsp3) is 0.333. The molecule has 2 unspecified atom stereocenters. The van der Waals surface area contributed by atoms with Crippen LogP contribution in [0.25, 0.3) is 0 Å². The maximum atomic E-state index is 12.4. The third-order valence-electron chi connectivity index (χ3n) is 3.86. The molecule has 0 spiro atoms. The molecule has 18 heavy (non-hydrogen) atoms. The van der Waals surface area contributed by atoms with Gasteiger partial charge in [0.1, 0.15) is 0 Å². The second kappa shape index (κ2) is 4.09. The Morgan fingerprint density at radius 3 is 2.67 bits per heavy atom. The van der Waals surface area contributed by atoms with Crippen LogP contribution in [0.5, 0.6) is 0 Å². The van der Waals surface area contributed by atoms with Gasteiger partial charge in [0.05, 0.1) is 11.8 Å². The van der Waals surface area contributed by atoms with Gasteiger partial charge in [-0.1, -0.05) is 30.3 Å². The average molecular weight is 240 g/mol. The highest BCUT2D eigenvalue weighted by Crippen LogP contribution is 2.49. The molecule has 1 fully saturated rings. The van der Waals surface area contributed by atoms with E-state index in [9.17, 15) is 4.79 Å². The van der Waals surface area contributed by atoms with E-state index in [4.69, 9.17) is 0 Å². The summed E-state index contributed by atoms with van der Waals surface area (Å²) in [6.07, 6.45) is 2.66. The van der Waals surface area contributed by atoms with Crippen molar-refractivity contribution in [2.75, 3.05) is 0 Å². The summed E-state index contributed by atoms with van der Waals surface area (Å²) in [5, 5.41) is 4.14. The minimum Gasteiger partial charge on any atom is -0.294 e. The zero-order chi connectivity index (χ0) is 12.7. The normalized spacial score (nSPS) is 21.9. The number of benzene rings is 1. The highest BCUT2D eigenvalue weighted by Gasteiger charge is 2.44. The molecule has 1 aliphatic carbocycles. The zero-order valence-corrected chi connectivity index (χ0v) is 10.6. The minimum absolute atomic E-state index is 0.148. The molecule has 1 aromatic heterocycles. The van der Waals surface area contributed by atoms with Gasteiger partial charge in [0.25, 0.3) is 0 Å². The highest BCUT2D eigenvalue weighted by atomic mass is 16.1. The van der Waals surface area contributed by atoms with Crippen molar-refractivity contribution in [1.82, 2.24) is 9.78 Å². The molecule has 0 radical (unpaired) electrons. The molecule has 0 bridgehead atoms. The van der Waals surface area contributed by atoms with E-state index in [2.05, 4.69) is 17.2 Å². The SMILES string of the molecule is Cc1c(C(=O)C2CC2c2ccccc2)cnn1C. The summed E-state index contributed by atoms with van der Waals surface area (Å²) in [5.74, 6) is 0.794. The summed E-state index contributed by atoms with van der Waals surface area (Å²) in [6, 6.07) is 10.3. The molecular formula is C15H16N2O. The van der Waals surface area contributed by atoms with Crippen molar-refractivity contribution < 1.29 is 4.79 Å². The summed E-state index contributed by atoms with van der Waals surface area (Å²) >= 11 is 0. The van der Waals surface area contributed by atoms with E-state index in [1.54, 1.807) is 10.9 Å². The predicted octanol–water partition coefficient (Wildman–Crippen LogP) is 2.71. The van der Waals surface area contributed by atoms with Crippen LogP contribution in [0.4, 0.5) is 0 Å². The number of carbonyl (C=O) groups excluding carboxylic acids is 1. The molecule has 3 heteroatoms. The second-order valence-corrected chi connectivity index (χ2v) is 4.99. The fourth-order valence-corrected chi connectivity index (χ4v) is 2.49. The summed E-state index contributed by atoms with van der Waals surface area (Å²) in [6.45, 7) is 1.94. The first-order valence-corrected chi connectivity index (χ1v) is 6.26. The first kappa shape index (κ1) is 11.2. The lowest BCUT2D eigenvalue weighted by molar-refractivity contribution is 0.0964. The number of rotatable bonds is 3. The molecule has 1 saturated carbocycles. The van der Waals surface area contributed by atoms with Crippen LogP contribution in [0.3, 0.4) is 0 Å². The van der Waals surface area contributed by atoms with Crippen LogP contribution < -0.4 is 0 Å². The van der Waals surface area contributed by atoms with Crippen LogP contribution in [0.15, 0.2) is 36.5 Å². The van der Waals surface area contributed by atoms with Gasteiger partial charge in [0.2, 0.25) is 0 Å². The van der Waals surface area contributed by atoms with Gasteiger partial charge >= 0.3 is 0 Å². The van der Waals surface area contributed by atoms with E-state index < -0.39 is 0 Å². The molecule has 92 valence electrons. The van der Waals surface area contributed by atoms with Gasteiger partial charge in [-0.25, -0.2) is 0 Å². The van der Waals surface area contributed by atoms with Crippen LogP contribution in [0.2, 0.25) is 0 Å². The molecule has 3 nitrogen and oxygen atoms in total. The molecule has 0 amide bonds. The van der Waals surface area contributed by atoms with E-state index in [1.807, 2.05) is 32.2 Å². The largest absolute Gasteiger partial charge is 0.294 e. The number of aromatic nitrogens is 2. The van der Waals surface area contributed by atoms with Crippen LogP contribution >= 0.6 is 0 Å². The molecule has 1 heterocycles. The number of hydrogen-bond donors (Lipinski definition) is 0. The first-order valence-electron chi connectivity index (χ1n) is 6.26. The maximum Gasteiger partial charge on any atom is 0.170 e. The van der Waals surface area contributed by atoms with E-state index in [1.165, 1.54) is 5.56 Å². The Hall–Kier alpha value is -1.90. The van der Waals surface area contributed by atoms with Gasteiger partial charge in [-0.2, -0.15) is 5.10 Å². The Kier molecular flexibility index (Phi) is 2.54. The van der Waals surface area contributed by atoms with Gasteiger partial charge in [0, 0.05) is 18.7 Å². The molecule has 3 rings (SSSR count). The number of aryl methyl sites for hydroxylation is 1. The van der Waals surface area contributed by atoms with Crippen molar-refractivity contribution in [1.29, 1.82) is 0 Å². The Bertz CT molecular complexity index is 586. The summed E-state index contributed by atoms with van der Waals surface area (Å²) < 4.78 is 1.76. The van der Waals surface area contributed by atoms with Gasteiger partial charge in [0.15, 0.2) is 5.78 Å². The van der Waals surface area contributed by atoms with E-state index in [0.717, 1.165) is 17.7 Å². The number of Topliss-reactive ketones (excluding diaryl/α,β-unsaturated/α-hetero) is 1. The summed E-state index contributed by atoms with van der Waals surface area (Å²) in [4.78, 5) is 12.4. The second-order valence-electron chi connectivity index (χ2n) is 4.99. The average Bonchev–Trinajstić information content (AvgIpc) is 3.13. The van der Waals surface area contributed by atoms with Crippen molar-refractivity contribution in [3.8, 4) is 0 Å². The van der Waals surface area contributed by atoms with Gasteiger partial charge < -0.3 is 0 Å². The van der Waals surface area contributed by atoms with Crippen molar-refractivity contribution in [2.45, 2.75) is 19.3 Å². The van der Waals surface area contributed by atoms with E-state index >= 15 is 0 Å². The molecule has 1 aliphatic rings. The van der Waals surface area contributed by atoms with Crippen molar-refractivity contribution in [3.05, 3.63) is 53.3 Å². The lowest BCUT2D eigenvalue weighted by Crippen LogP contribution is -2.05. The maximum absolute atomic E-state index is 12.4. The van der Waals surface area contributed by atoms with Crippen molar-refractivity contribution >= 4 is 5.78 Å². The van der Waals surface area contributed by atoms with E-state index in [0.29, 0.717) is 5.92 Å². The number of nitrogens with zero attached hydrogens (tertiary/aromatic N) is 2. The Morgan fingerprint density at radius 1 is 1.33 bits per heavy atom. The van der Waals surface area contributed by atoms with Crippen LogP contribution in [0.1, 0.15) is 34.0 Å². The van der Waals surface area contributed by atoms with Crippen LogP contribution in [0, 0.1) is 12.8 Å². The molecular weight excluding hydrogens is 224 g/mol. The summed E-state index contributed by atoms with van der Waals surface area (Å²) in [5.41, 5.74) is 3.01. The molecule has 0 aliphatic heterocycles. The smallest absolute Gasteiger partial charge is 0.170 e. The fourth-order valence-electron chi connectivity index (χ4n) is 2.49. The molecule has 0 N–H and O–H groups in total. The summed E-state index contributed by atoms with van der Waals surface area (Å²) in [7, 11) is 1.87. The molecule has 0 saturated heterocycles. The monoisotopic (exact) mass is 240 g/mol. The molecule has 1 aromatic carbocycles. The minimum atomic E-state index is 0.148. The van der Waals surface area contributed by atoms with Crippen LogP contribution in [-0.4, -0.2) is 15.6 Å². The number of carbonyl (C=O) groups is 1. The Morgan fingerprint density at radius 2 is 2.06 bits per heavy atom. The van der Waals surface area contributed by atoms with Gasteiger partial charge in [-0.3, -0.25) is 9.48 Å². The lowest BCUT2D eigenvalue weighted by atomic mass is 10.0. The predicted molar refractivity (Wildman–Crippen MR) is 69.6 cm³/mol. The lowest BCUT2D eigenvalue weighted by Gasteiger charge is -2.01. The third kappa shape index (κ3) is 1.76. The Labute approximate surface area is 106 Å². The van der Waals surface area contributed by atoms with E-state index in [-0.39, 0.29) is 11.7 Å². The van der Waals surface area contributed by atoms with Crippen molar-refractivity contribution in [2.24, 2.45) is 13.0 Å². The van der Waals surface area contributed by atoms with Crippen LogP contribution in [-0.2, 0) is 7.05 Å². The Balaban J connectivity index is 1.79. The zero-order valence-electron chi connectivity index (χ0n) is 10.6.